The van der Waals surface area contributed by atoms with Crippen molar-refractivity contribution in [2.45, 2.75) is 0 Å². The van der Waals surface area contributed by atoms with E-state index in [9.17, 15) is 4.39 Å². The van der Waals surface area contributed by atoms with E-state index in [1.165, 1.54) is 12.1 Å². The molecule has 4 aromatic rings. The van der Waals surface area contributed by atoms with Crippen molar-refractivity contribution >= 4 is 11.5 Å². The Kier molecular flexibility index (Phi) is 3.40. The number of hydrogen-bond donors (Lipinski definition) is 1. The molecular formula is C19H12FN5. The van der Waals surface area contributed by atoms with Gasteiger partial charge < -0.3 is 5.73 Å². The molecule has 0 aliphatic carbocycles. The summed E-state index contributed by atoms with van der Waals surface area (Å²) in [4.78, 5) is 8.68. The van der Waals surface area contributed by atoms with Gasteiger partial charge in [-0.2, -0.15) is 5.26 Å². The van der Waals surface area contributed by atoms with Gasteiger partial charge in [0.05, 0.1) is 23.0 Å². The minimum absolute atomic E-state index is 0.311. The number of fused-ring (bicyclic) bond motifs is 1. The van der Waals surface area contributed by atoms with Gasteiger partial charge in [0.2, 0.25) is 0 Å². The molecule has 0 atom stereocenters. The molecule has 0 aliphatic rings. The standard InChI is InChI=1S/C19H12FN5/c20-15-3-1-13(2-4-15)18-19(14-5-7-23-16(22)10-14)25-8-6-12(11-21)9-17(25)24-18/h1-10H,(H2,22,23). The highest BCUT2D eigenvalue weighted by molar-refractivity contribution is 5.82. The van der Waals surface area contributed by atoms with Gasteiger partial charge in [-0.15, -0.1) is 0 Å². The fraction of sp³-hybridized carbons (Fsp3) is 0. The summed E-state index contributed by atoms with van der Waals surface area (Å²) >= 11 is 0. The van der Waals surface area contributed by atoms with Crippen molar-refractivity contribution in [1.82, 2.24) is 14.4 Å². The highest BCUT2D eigenvalue weighted by Crippen LogP contribution is 2.33. The predicted molar refractivity (Wildman–Crippen MR) is 92.9 cm³/mol. The fourth-order valence-electron chi connectivity index (χ4n) is 2.79. The van der Waals surface area contributed by atoms with Crippen LogP contribution >= 0.6 is 0 Å². The summed E-state index contributed by atoms with van der Waals surface area (Å²) < 4.78 is 15.2. The molecular weight excluding hydrogens is 317 g/mol. The molecule has 25 heavy (non-hydrogen) atoms. The van der Waals surface area contributed by atoms with E-state index >= 15 is 0 Å². The molecule has 2 N–H and O–H groups in total. The van der Waals surface area contributed by atoms with Crippen LogP contribution in [0, 0.1) is 17.1 Å². The number of halogens is 1. The van der Waals surface area contributed by atoms with Gasteiger partial charge >= 0.3 is 0 Å². The molecule has 0 aliphatic heterocycles. The molecule has 0 unspecified atom stereocenters. The summed E-state index contributed by atoms with van der Waals surface area (Å²) in [7, 11) is 0. The predicted octanol–water partition coefficient (Wildman–Crippen LogP) is 3.66. The molecule has 3 heterocycles. The van der Waals surface area contributed by atoms with Gasteiger partial charge in [-0.1, -0.05) is 0 Å². The van der Waals surface area contributed by atoms with E-state index in [-0.39, 0.29) is 5.82 Å². The summed E-state index contributed by atoms with van der Waals surface area (Å²) in [5.74, 6) is 0.0835. The lowest BCUT2D eigenvalue weighted by molar-refractivity contribution is 0.628. The first-order valence-electron chi connectivity index (χ1n) is 7.56. The zero-order chi connectivity index (χ0) is 17.4. The third-order valence-electron chi connectivity index (χ3n) is 3.93. The zero-order valence-corrected chi connectivity index (χ0v) is 13.0. The first kappa shape index (κ1) is 14.8. The van der Waals surface area contributed by atoms with Crippen molar-refractivity contribution in [2.24, 2.45) is 0 Å². The molecule has 0 fully saturated rings. The number of nitrogens with zero attached hydrogens (tertiary/aromatic N) is 4. The van der Waals surface area contributed by atoms with Crippen molar-refractivity contribution in [2.75, 3.05) is 5.73 Å². The Labute approximate surface area is 142 Å². The zero-order valence-electron chi connectivity index (χ0n) is 13.0. The average Bonchev–Trinajstić information content (AvgIpc) is 3.00. The van der Waals surface area contributed by atoms with E-state index < -0.39 is 0 Å². The summed E-state index contributed by atoms with van der Waals surface area (Å²) in [6.45, 7) is 0. The monoisotopic (exact) mass is 329 g/mol. The van der Waals surface area contributed by atoms with E-state index in [2.05, 4.69) is 16.0 Å². The molecule has 1 aromatic carbocycles. The van der Waals surface area contributed by atoms with Crippen LogP contribution in [0.5, 0.6) is 0 Å². The van der Waals surface area contributed by atoms with Gasteiger partial charge in [-0.05, 0) is 48.5 Å². The van der Waals surface area contributed by atoms with Gasteiger partial charge in [0.15, 0.2) is 0 Å². The lowest BCUT2D eigenvalue weighted by Gasteiger charge is -2.06. The van der Waals surface area contributed by atoms with Crippen LogP contribution in [0.3, 0.4) is 0 Å². The summed E-state index contributed by atoms with van der Waals surface area (Å²) in [6, 6.07) is 15.3. The maximum Gasteiger partial charge on any atom is 0.139 e. The average molecular weight is 329 g/mol. The maximum atomic E-state index is 13.3. The molecule has 6 heteroatoms. The number of benzene rings is 1. The van der Waals surface area contributed by atoms with Crippen molar-refractivity contribution < 1.29 is 4.39 Å². The summed E-state index contributed by atoms with van der Waals surface area (Å²) in [6.07, 6.45) is 3.42. The molecule has 0 amide bonds. The second-order valence-electron chi connectivity index (χ2n) is 5.54. The van der Waals surface area contributed by atoms with Crippen molar-refractivity contribution in [1.29, 1.82) is 5.26 Å². The first-order chi connectivity index (χ1) is 12.2. The van der Waals surface area contributed by atoms with Crippen LogP contribution < -0.4 is 5.73 Å². The molecule has 0 saturated heterocycles. The number of anilines is 1. The van der Waals surface area contributed by atoms with Crippen LogP contribution in [0.15, 0.2) is 60.9 Å². The number of aromatic nitrogens is 3. The van der Waals surface area contributed by atoms with Gasteiger partial charge in [0.25, 0.3) is 0 Å². The van der Waals surface area contributed by atoms with Crippen LogP contribution in [-0.2, 0) is 0 Å². The first-order valence-corrected chi connectivity index (χ1v) is 7.56. The molecule has 120 valence electrons. The minimum Gasteiger partial charge on any atom is -0.384 e. The molecule has 0 spiro atoms. The van der Waals surface area contributed by atoms with Crippen LogP contribution in [0.4, 0.5) is 10.2 Å². The van der Waals surface area contributed by atoms with E-state index in [4.69, 9.17) is 11.0 Å². The fourth-order valence-corrected chi connectivity index (χ4v) is 2.79. The van der Waals surface area contributed by atoms with Gasteiger partial charge in [0.1, 0.15) is 17.3 Å². The quantitative estimate of drug-likeness (QED) is 0.608. The molecule has 4 rings (SSSR count). The highest BCUT2D eigenvalue weighted by atomic mass is 19.1. The SMILES string of the molecule is N#Cc1ccn2c(-c3ccnc(N)c3)c(-c3ccc(F)cc3)nc2c1. The Morgan fingerprint density at radius 1 is 1.04 bits per heavy atom. The number of nitrogen functional groups attached to an aromatic ring is 1. The van der Waals surface area contributed by atoms with Gasteiger partial charge in [0, 0.05) is 23.5 Å². The largest absolute Gasteiger partial charge is 0.384 e. The molecule has 5 nitrogen and oxygen atoms in total. The normalized spacial score (nSPS) is 10.7. The van der Waals surface area contributed by atoms with E-state index in [1.807, 2.05) is 10.5 Å². The Bertz CT molecular complexity index is 1120. The number of pyridine rings is 2. The number of nitrogens with two attached hydrogens (primary N) is 1. The van der Waals surface area contributed by atoms with Gasteiger partial charge in [-0.3, -0.25) is 4.40 Å². The third kappa shape index (κ3) is 2.58. The number of rotatable bonds is 2. The summed E-state index contributed by atoms with van der Waals surface area (Å²) in [5, 5.41) is 9.12. The van der Waals surface area contributed by atoms with Crippen LogP contribution in [0.25, 0.3) is 28.2 Å². The Balaban J connectivity index is 2.05. The van der Waals surface area contributed by atoms with E-state index in [0.29, 0.717) is 22.7 Å². The van der Waals surface area contributed by atoms with Crippen molar-refractivity contribution in [3.05, 3.63) is 72.3 Å². The second kappa shape index (κ2) is 5.73. The topological polar surface area (TPSA) is 80.0 Å². The maximum absolute atomic E-state index is 13.3. The van der Waals surface area contributed by atoms with Crippen molar-refractivity contribution in [3.63, 3.8) is 0 Å². The Hall–Kier alpha value is -3.72. The minimum atomic E-state index is -0.311. The molecule has 0 saturated carbocycles. The van der Waals surface area contributed by atoms with Crippen molar-refractivity contribution in [3.8, 4) is 28.6 Å². The lowest BCUT2D eigenvalue weighted by atomic mass is 10.1. The Morgan fingerprint density at radius 3 is 2.56 bits per heavy atom. The van der Waals surface area contributed by atoms with E-state index in [0.717, 1.165) is 16.8 Å². The van der Waals surface area contributed by atoms with Crippen LogP contribution in [0.1, 0.15) is 5.56 Å². The van der Waals surface area contributed by atoms with Crippen LogP contribution in [0.2, 0.25) is 0 Å². The van der Waals surface area contributed by atoms with Crippen LogP contribution in [-0.4, -0.2) is 14.4 Å². The summed E-state index contributed by atoms with van der Waals surface area (Å²) in [5.41, 5.74) is 10.1. The number of imidazole rings is 1. The van der Waals surface area contributed by atoms with Gasteiger partial charge in [-0.25, -0.2) is 14.4 Å². The Morgan fingerprint density at radius 2 is 1.84 bits per heavy atom. The highest BCUT2D eigenvalue weighted by Gasteiger charge is 2.16. The smallest absolute Gasteiger partial charge is 0.139 e. The molecule has 0 bridgehead atoms. The number of nitriles is 1. The lowest BCUT2D eigenvalue weighted by Crippen LogP contribution is -1.94. The second-order valence-corrected chi connectivity index (χ2v) is 5.54. The number of hydrogen-bond acceptors (Lipinski definition) is 4. The third-order valence-corrected chi connectivity index (χ3v) is 3.93. The van der Waals surface area contributed by atoms with E-state index in [1.54, 1.807) is 42.7 Å². The molecule has 3 aromatic heterocycles. The molecule has 0 radical (unpaired) electrons.